The third-order valence-electron chi connectivity index (χ3n) is 4.84. The van der Waals surface area contributed by atoms with Crippen LogP contribution in [0, 0.1) is 11.8 Å². The number of hydrogen-bond acceptors (Lipinski definition) is 7. The van der Waals surface area contributed by atoms with E-state index in [1.54, 1.807) is 0 Å². The molecule has 1 heterocycles. The molecule has 1 aliphatic heterocycles. The van der Waals surface area contributed by atoms with Crippen LogP contribution in [-0.2, 0) is 30.1 Å². The van der Waals surface area contributed by atoms with Gasteiger partial charge >= 0.3 is 0 Å². The average Bonchev–Trinajstić information content (AvgIpc) is 2.74. The van der Waals surface area contributed by atoms with Crippen molar-refractivity contribution < 1.29 is 33.9 Å². The van der Waals surface area contributed by atoms with Gasteiger partial charge in [0.15, 0.2) is 6.29 Å². The molecule has 1 fully saturated rings. The molecule has 2 N–H and O–H groups in total. The van der Waals surface area contributed by atoms with Gasteiger partial charge in [0.1, 0.15) is 36.6 Å². The zero-order valence-electron chi connectivity index (χ0n) is 16.8. The van der Waals surface area contributed by atoms with E-state index in [-0.39, 0.29) is 0 Å². The summed E-state index contributed by atoms with van der Waals surface area (Å²) < 4.78 is 27.5. The Morgan fingerprint density at radius 2 is 1.54 bits per heavy atom. The maximum atomic E-state index is 10.6. The van der Waals surface area contributed by atoms with Crippen molar-refractivity contribution in [3.63, 3.8) is 0 Å². The van der Waals surface area contributed by atoms with Gasteiger partial charge in [-0.15, -0.1) is 0 Å². The van der Waals surface area contributed by atoms with Crippen LogP contribution in [0.1, 0.15) is 12.0 Å². The normalized spacial score (nSPS) is 29.6. The van der Waals surface area contributed by atoms with E-state index >= 15 is 0 Å². The second-order valence-corrected chi connectivity index (χ2v) is 6.58. The fraction of sp³-hybridized carbons (Fsp3) is 0.619. The first-order valence-electron chi connectivity index (χ1n) is 9.23. The number of aryl methyl sites for hydroxylation is 1. The van der Waals surface area contributed by atoms with Gasteiger partial charge < -0.3 is 33.9 Å². The van der Waals surface area contributed by atoms with Crippen molar-refractivity contribution in [3.05, 3.63) is 35.9 Å². The molecule has 1 aromatic rings. The van der Waals surface area contributed by atoms with Crippen LogP contribution in [0.4, 0.5) is 0 Å². The van der Waals surface area contributed by atoms with Crippen LogP contribution in [0.3, 0.4) is 0 Å². The van der Waals surface area contributed by atoms with Gasteiger partial charge in [0.25, 0.3) is 0 Å². The molecule has 0 bridgehead atoms. The van der Waals surface area contributed by atoms with E-state index in [1.165, 1.54) is 28.4 Å². The topological polar surface area (TPSA) is 86.6 Å². The van der Waals surface area contributed by atoms with Crippen LogP contribution in [0.2, 0.25) is 0 Å². The molecule has 0 radical (unpaired) electrons. The molecule has 28 heavy (non-hydrogen) atoms. The zero-order chi connectivity index (χ0) is 20.5. The van der Waals surface area contributed by atoms with E-state index in [1.807, 2.05) is 30.3 Å². The minimum absolute atomic E-state index is 0.468. The molecule has 2 rings (SSSR count). The minimum atomic E-state index is -1.19. The number of ether oxygens (including phenoxy) is 5. The number of aliphatic hydroxyl groups excluding tert-OH is 2. The van der Waals surface area contributed by atoms with Crippen LogP contribution in [0.15, 0.2) is 30.3 Å². The molecule has 7 nitrogen and oxygen atoms in total. The number of hydrogen-bond donors (Lipinski definition) is 2. The number of methoxy groups -OCH3 is 4. The Bertz CT molecular complexity index is 627. The highest BCUT2D eigenvalue weighted by Gasteiger charge is 2.49. The molecule has 0 spiro atoms. The van der Waals surface area contributed by atoms with Gasteiger partial charge in [0, 0.05) is 28.4 Å². The summed E-state index contributed by atoms with van der Waals surface area (Å²) in [6.07, 6.45) is -4.10. The highest BCUT2D eigenvalue weighted by molar-refractivity contribution is 5.17. The largest absolute Gasteiger partial charge is 0.380 e. The average molecular weight is 394 g/mol. The van der Waals surface area contributed by atoms with Gasteiger partial charge in [-0.2, -0.15) is 0 Å². The van der Waals surface area contributed by atoms with E-state index in [0.29, 0.717) is 12.8 Å². The fourth-order valence-electron chi connectivity index (χ4n) is 3.35. The van der Waals surface area contributed by atoms with Crippen LogP contribution in [0.25, 0.3) is 0 Å². The number of benzene rings is 1. The third-order valence-corrected chi connectivity index (χ3v) is 4.84. The predicted molar refractivity (Wildman–Crippen MR) is 103 cm³/mol. The van der Waals surface area contributed by atoms with Gasteiger partial charge in [-0.3, -0.25) is 0 Å². The molecule has 7 heteroatoms. The van der Waals surface area contributed by atoms with Gasteiger partial charge in [-0.1, -0.05) is 42.2 Å². The molecule has 1 saturated heterocycles. The first kappa shape index (κ1) is 22.8. The van der Waals surface area contributed by atoms with Gasteiger partial charge in [0.05, 0.1) is 0 Å². The predicted octanol–water partition coefficient (Wildman–Crippen LogP) is 0.761. The monoisotopic (exact) mass is 394 g/mol. The van der Waals surface area contributed by atoms with Crippen molar-refractivity contribution in [2.75, 3.05) is 28.4 Å². The molecule has 0 amide bonds. The Morgan fingerprint density at radius 1 is 0.893 bits per heavy atom. The Balaban J connectivity index is 2.03. The van der Waals surface area contributed by atoms with Gasteiger partial charge in [0.2, 0.25) is 0 Å². The molecular formula is C21H30O7. The second kappa shape index (κ2) is 11.5. The van der Waals surface area contributed by atoms with Crippen molar-refractivity contribution in [1.82, 2.24) is 0 Å². The molecule has 1 aliphatic rings. The van der Waals surface area contributed by atoms with Crippen LogP contribution in [0.5, 0.6) is 0 Å². The van der Waals surface area contributed by atoms with E-state index < -0.39 is 42.9 Å². The van der Waals surface area contributed by atoms with Crippen LogP contribution < -0.4 is 0 Å². The Hall–Kier alpha value is -1.50. The maximum absolute atomic E-state index is 10.6. The lowest BCUT2D eigenvalue weighted by atomic mass is 9.94. The zero-order valence-corrected chi connectivity index (χ0v) is 16.8. The maximum Gasteiger partial charge on any atom is 0.186 e. The van der Waals surface area contributed by atoms with Crippen molar-refractivity contribution in [2.24, 2.45) is 0 Å². The van der Waals surface area contributed by atoms with Crippen LogP contribution >= 0.6 is 0 Å². The summed E-state index contributed by atoms with van der Waals surface area (Å²) in [6, 6.07) is 9.84. The molecule has 2 unspecified atom stereocenters. The lowest BCUT2D eigenvalue weighted by molar-refractivity contribution is -0.311. The van der Waals surface area contributed by atoms with Gasteiger partial charge in [-0.25, -0.2) is 0 Å². The summed E-state index contributed by atoms with van der Waals surface area (Å²) in [7, 11) is 6.04. The fourth-order valence-corrected chi connectivity index (χ4v) is 3.35. The molecular weight excluding hydrogens is 364 g/mol. The SMILES string of the molecule is CO[C@H]1O[C@H](C(O)C#CC(O)CCc2ccccc2)[C@@H](OC)[C@H](OC)[C@H]1OC. The number of aliphatic hydroxyl groups is 2. The highest BCUT2D eigenvalue weighted by atomic mass is 16.7. The van der Waals surface area contributed by atoms with Crippen molar-refractivity contribution >= 4 is 0 Å². The Kier molecular flexibility index (Phi) is 9.35. The molecule has 0 saturated carbocycles. The van der Waals surface area contributed by atoms with E-state index in [0.717, 1.165) is 5.56 Å². The summed E-state index contributed by atoms with van der Waals surface area (Å²) in [4.78, 5) is 0. The molecule has 0 aromatic heterocycles. The van der Waals surface area contributed by atoms with Crippen LogP contribution in [-0.4, -0.2) is 81.6 Å². The minimum Gasteiger partial charge on any atom is -0.380 e. The summed E-state index contributed by atoms with van der Waals surface area (Å²) in [5.74, 6) is 5.37. The lowest BCUT2D eigenvalue weighted by Gasteiger charge is -2.44. The molecule has 1 aromatic carbocycles. The first-order chi connectivity index (χ1) is 13.5. The summed E-state index contributed by atoms with van der Waals surface area (Å²) in [5.41, 5.74) is 1.12. The quantitative estimate of drug-likeness (QED) is 0.630. The Labute approximate surface area is 166 Å². The van der Waals surface area contributed by atoms with Gasteiger partial charge in [-0.05, 0) is 18.4 Å². The third kappa shape index (κ3) is 5.75. The summed E-state index contributed by atoms with van der Waals surface area (Å²) in [6.45, 7) is 0. The standard InChI is InChI=1S/C21H30O7/c1-24-18-17(28-21(27-4)20(26-3)19(18)25-2)16(23)13-12-15(22)11-10-14-8-6-5-7-9-14/h5-9,15-23H,10-11H2,1-4H3/t15?,16?,17-,18-,19+,20-,21+/m1/s1. The van der Waals surface area contributed by atoms with Crippen molar-refractivity contribution in [2.45, 2.75) is 55.8 Å². The van der Waals surface area contributed by atoms with Crippen molar-refractivity contribution in [3.8, 4) is 11.8 Å². The molecule has 7 atom stereocenters. The van der Waals surface area contributed by atoms with Crippen molar-refractivity contribution in [1.29, 1.82) is 0 Å². The highest BCUT2D eigenvalue weighted by Crippen LogP contribution is 2.29. The lowest BCUT2D eigenvalue weighted by Crippen LogP contribution is -2.62. The van der Waals surface area contributed by atoms with E-state index in [2.05, 4.69) is 11.8 Å². The second-order valence-electron chi connectivity index (χ2n) is 6.58. The van der Waals surface area contributed by atoms with E-state index in [4.69, 9.17) is 23.7 Å². The van der Waals surface area contributed by atoms with E-state index in [9.17, 15) is 10.2 Å². The smallest absolute Gasteiger partial charge is 0.186 e. The molecule has 0 aliphatic carbocycles. The number of rotatable bonds is 8. The summed E-state index contributed by atoms with van der Waals surface area (Å²) in [5, 5.41) is 20.7. The molecule has 156 valence electrons. The first-order valence-corrected chi connectivity index (χ1v) is 9.23. The Morgan fingerprint density at radius 3 is 2.11 bits per heavy atom. The summed E-state index contributed by atoms with van der Waals surface area (Å²) >= 11 is 0.